The minimum absolute atomic E-state index is 0.000673. The molecule has 2 aliphatic rings. The number of rotatable bonds is 2. The van der Waals surface area contributed by atoms with Crippen LogP contribution in [0, 0.1) is 0 Å². The largest absolute Gasteiger partial charge is 0.331 e. The van der Waals surface area contributed by atoms with E-state index < -0.39 is 0 Å². The number of carbonyl (C=O) groups is 2. The van der Waals surface area contributed by atoms with E-state index in [9.17, 15) is 9.59 Å². The summed E-state index contributed by atoms with van der Waals surface area (Å²) in [6.07, 6.45) is 3.38. The first-order valence-corrected chi connectivity index (χ1v) is 9.27. The number of fused-ring (bicyclic) bond motifs is 1. The fraction of sp³-hybridized carbons (Fsp3) is 0.688. The van der Waals surface area contributed by atoms with Gasteiger partial charge in [0.15, 0.2) is 0 Å². The summed E-state index contributed by atoms with van der Waals surface area (Å²) >= 11 is 1.72. The highest BCUT2D eigenvalue weighted by Crippen LogP contribution is 2.30. The van der Waals surface area contributed by atoms with Crippen LogP contribution in [-0.2, 0) is 12.8 Å². The molecule has 1 aliphatic carbocycles. The third-order valence-corrected chi connectivity index (χ3v) is 5.88. The zero-order valence-electron chi connectivity index (χ0n) is 14.5. The third-order valence-electron chi connectivity index (χ3n) is 4.54. The van der Waals surface area contributed by atoms with E-state index in [4.69, 9.17) is 0 Å². The van der Waals surface area contributed by atoms with Crippen molar-refractivity contribution in [3.8, 4) is 0 Å². The molecule has 0 bridgehead atoms. The standard InChI is InChI=1S/C16H25N5O2S/c1-11(14-18-12-5-4-6-13(12)24-14)17-15(22)20-7-9-21(10-8-20)16(23)19(2)3/h11H,4-10H2,1-3H3,(H,17,22). The molecule has 1 aromatic rings. The first-order chi connectivity index (χ1) is 11.5. The molecule has 8 heteroatoms. The number of thiazole rings is 1. The van der Waals surface area contributed by atoms with Gasteiger partial charge in [0.05, 0.1) is 11.7 Å². The Morgan fingerprint density at radius 3 is 2.46 bits per heavy atom. The van der Waals surface area contributed by atoms with Crippen molar-refractivity contribution in [3.63, 3.8) is 0 Å². The van der Waals surface area contributed by atoms with Gasteiger partial charge >= 0.3 is 12.1 Å². The van der Waals surface area contributed by atoms with Crippen LogP contribution in [0.5, 0.6) is 0 Å². The average Bonchev–Trinajstić information content (AvgIpc) is 3.15. The summed E-state index contributed by atoms with van der Waals surface area (Å²) in [6.45, 7) is 4.26. The quantitative estimate of drug-likeness (QED) is 0.882. The molecule has 1 aromatic heterocycles. The molecule has 0 spiro atoms. The summed E-state index contributed by atoms with van der Waals surface area (Å²) in [5.74, 6) is 0. The van der Waals surface area contributed by atoms with E-state index in [-0.39, 0.29) is 18.1 Å². The van der Waals surface area contributed by atoms with E-state index in [1.165, 1.54) is 17.0 Å². The molecule has 0 radical (unpaired) electrons. The van der Waals surface area contributed by atoms with Crippen LogP contribution in [0.4, 0.5) is 9.59 Å². The molecule has 0 saturated carbocycles. The predicted octanol–water partition coefficient (Wildman–Crippen LogP) is 1.70. The Morgan fingerprint density at radius 1 is 1.17 bits per heavy atom. The number of amides is 4. The molecule has 1 saturated heterocycles. The van der Waals surface area contributed by atoms with Crippen molar-refractivity contribution in [1.82, 2.24) is 25.0 Å². The molecule has 1 aliphatic heterocycles. The molecule has 1 atom stereocenters. The Kier molecular flexibility index (Phi) is 4.93. The molecule has 1 N–H and O–H groups in total. The van der Waals surface area contributed by atoms with E-state index in [0.717, 1.165) is 17.8 Å². The minimum atomic E-state index is -0.0745. The summed E-state index contributed by atoms with van der Waals surface area (Å²) in [5, 5.41) is 4.04. The first-order valence-electron chi connectivity index (χ1n) is 8.46. The lowest BCUT2D eigenvalue weighted by atomic mass is 10.3. The minimum Gasteiger partial charge on any atom is -0.331 e. The maximum atomic E-state index is 12.4. The third kappa shape index (κ3) is 3.48. The zero-order chi connectivity index (χ0) is 17.3. The van der Waals surface area contributed by atoms with Crippen LogP contribution < -0.4 is 5.32 Å². The molecular formula is C16H25N5O2S. The molecule has 7 nitrogen and oxygen atoms in total. The number of hydrogen-bond acceptors (Lipinski definition) is 4. The number of nitrogens with one attached hydrogen (secondary N) is 1. The number of hydrogen-bond donors (Lipinski definition) is 1. The van der Waals surface area contributed by atoms with Crippen molar-refractivity contribution < 1.29 is 9.59 Å². The normalized spacial score (nSPS) is 18.3. The number of urea groups is 2. The molecule has 24 heavy (non-hydrogen) atoms. The number of aromatic nitrogens is 1. The van der Waals surface area contributed by atoms with Gasteiger partial charge in [-0.25, -0.2) is 14.6 Å². The molecule has 0 aromatic carbocycles. The summed E-state index contributed by atoms with van der Waals surface area (Å²) in [7, 11) is 3.49. The van der Waals surface area contributed by atoms with Crippen LogP contribution in [0.1, 0.15) is 35.0 Å². The Balaban J connectivity index is 1.51. The smallest absolute Gasteiger partial charge is 0.319 e. The van der Waals surface area contributed by atoms with Gasteiger partial charge in [0.1, 0.15) is 5.01 Å². The Labute approximate surface area is 146 Å². The SMILES string of the molecule is CC(NC(=O)N1CCN(C(=O)N(C)C)CC1)c1nc2c(s1)CCC2. The molecule has 4 amide bonds. The van der Waals surface area contributed by atoms with Crippen molar-refractivity contribution in [1.29, 1.82) is 0 Å². The van der Waals surface area contributed by atoms with E-state index >= 15 is 0 Å². The monoisotopic (exact) mass is 351 g/mol. The number of aryl methyl sites for hydroxylation is 2. The Bertz CT molecular complexity index is 600. The summed E-state index contributed by atoms with van der Waals surface area (Å²) in [4.78, 5) is 35.5. The van der Waals surface area contributed by atoms with E-state index in [1.807, 2.05) is 6.92 Å². The van der Waals surface area contributed by atoms with Gasteiger partial charge in [-0.15, -0.1) is 11.3 Å². The highest BCUT2D eigenvalue weighted by Gasteiger charge is 2.27. The lowest BCUT2D eigenvalue weighted by molar-refractivity contribution is 0.128. The van der Waals surface area contributed by atoms with Crippen LogP contribution in [0.25, 0.3) is 0 Å². The van der Waals surface area contributed by atoms with Crippen LogP contribution >= 0.6 is 11.3 Å². The van der Waals surface area contributed by atoms with Gasteiger partial charge in [0, 0.05) is 45.2 Å². The Morgan fingerprint density at radius 2 is 1.83 bits per heavy atom. The molecule has 3 rings (SSSR count). The van der Waals surface area contributed by atoms with Crippen molar-refractivity contribution in [3.05, 3.63) is 15.6 Å². The van der Waals surface area contributed by atoms with Crippen LogP contribution in [-0.4, -0.2) is 72.0 Å². The summed E-state index contributed by atoms with van der Waals surface area (Å²) in [6, 6.07) is -0.148. The van der Waals surface area contributed by atoms with Crippen molar-refractivity contribution in [2.45, 2.75) is 32.2 Å². The van der Waals surface area contributed by atoms with Gasteiger partial charge in [0.25, 0.3) is 0 Å². The van der Waals surface area contributed by atoms with Gasteiger partial charge in [-0.1, -0.05) is 0 Å². The van der Waals surface area contributed by atoms with E-state index in [0.29, 0.717) is 26.2 Å². The lowest BCUT2D eigenvalue weighted by Gasteiger charge is -2.36. The van der Waals surface area contributed by atoms with Crippen LogP contribution in [0.2, 0.25) is 0 Å². The van der Waals surface area contributed by atoms with Crippen molar-refractivity contribution in [2.24, 2.45) is 0 Å². The number of carbonyl (C=O) groups excluding carboxylic acids is 2. The van der Waals surface area contributed by atoms with Crippen molar-refractivity contribution in [2.75, 3.05) is 40.3 Å². The highest BCUT2D eigenvalue weighted by atomic mass is 32.1. The number of piperazine rings is 1. The van der Waals surface area contributed by atoms with Gasteiger partial charge in [-0.2, -0.15) is 0 Å². The van der Waals surface area contributed by atoms with Crippen LogP contribution in [0.3, 0.4) is 0 Å². The maximum Gasteiger partial charge on any atom is 0.319 e. The van der Waals surface area contributed by atoms with E-state index in [1.54, 1.807) is 40.1 Å². The lowest BCUT2D eigenvalue weighted by Crippen LogP contribution is -2.55. The second kappa shape index (κ2) is 6.96. The van der Waals surface area contributed by atoms with Gasteiger partial charge in [0.2, 0.25) is 0 Å². The van der Waals surface area contributed by atoms with Crippen molar-refractivity contribution >= 4 is 23.4 Å². The highest BCUT2D eigenvalue weighted by molar-refractivity contribution is 7.11. The zero-order valence-corrected chi connectivity index (χ0v) is 15.4. The average molecular weight is 351 g/mol. The Hall–Kier alpha value is -1.83. The molecule has 132 valence electrons. The fourth-order valence-electron chi connectivity index (χ4n) is 3.12. The van der Waals surface area contributed by atoms with E-state index in [2.05, 4.69) is 10.3 Å². The first kappa shape index (κ1) is 17.0. The molecule has 1 fully saturated rings. The van der Waals surface area contributed by atoms with Gasteiger partial charge < -0.3 is 20.0 Å². The predicted molar refractivity (Wildman–Crippen MR) is 93.3 cm³/mol. The fourth-order valence-corrected chi connectivity index (χ4v) is 4.27. The molecule has 2 heterocycles. The number of nitrogens with zero attached hydrogens (tertiary/aromatic N) is 4. The summed E-state index contributed by atoms with van der Waals surface area (Å²) < 4.78 is 0. The van der Waals surface area contributed by atoms with Gasteiger partial charge in [-0.05, 0) is 26.2 Å². The second-order valence-corrected chi connectivity index (χ2v) is 7.71. The van der Waals surface area contributed by atoms with Crippen LogP contribution in [0.15, 0.2) is 0 Å². The topological polar surface area (TPSA) is 68.8 Å². The molecule has 1 unspecified atom stereocenters. The maximum absolute atomic E-state index is 12.4. The summed E-state index contributed by atoms with van der Waals surface area (Å²) in [5.41, 5.74) is 1.21. The second-order valence-electron chi connectivity index (χ2n) is 6.60. The van der Waals surface area contributed by atoms with Gasteiger partial charge in [-0.3, -0.25) is 0 Å². The molecular weight excluding hydrogens is 326 g/mol.